The predicted octanol–water partition coefficient (Wildman–Crippen LogP) is 1.61. The zero-order valence-corrected chi connectivity index (χ0v) is 9.06. The molecule has 0 spiro atoms. The van der Waals surface area contributed by atoms with Gasteiger partial charge in [-0.25, -0.2) is 4.98 Å². The number of anilines is 1. The second-order valence-electron chi connectivity index (χ2n) is 3.11. The standard InChI is InChI=1S/C9H14N4.ClH/c1-6(2)13-9-7(8(10)11)4-3-5-12-9;/h3-6H,1-2H3,(H3,10,11)(H,12,13);1H. The molecule has 0 fully saturated rings. The number of rotatable bonds is 3. The Balaban J connectivity index is 0.00000169. The van der Waals surface area contributed by atoms with Gasteiger partial charge in [0.2, 0.25) is 0 Å². The molecule has 0 bridgehead atoms. The summed E-state index contributed by atoms with van der Waals surface area (Å²) in [6.07, 6.45) is 1.68. The third kappa shape index (κ3) is 3.22. The maximum Gasteiger partial charge on any atom is 0.137 e. The molecule has 1 rings (SSSR count). The molecule has 0 aliphatic heterocycles. The Kier molecular flexibility index (Phi) is 4.94. The van der Waals surface area contributed by atoms with E-state index >= 15 is 0 Å². The first-order valence-corrected chi connectivity index (χ1v) is 4.17. The number of halogens is 1. The molecule has 0 amide bonds. The molecule has 0 atom stereocenters. The van der Waals surface area contributed by atoms with Gasteiger partial charge >= 0.3 is 0 Å². The van der Waals surface area contributed by atoms with Crippen LogP contribution in [0, 0.1) is 5.41 Å². The van der Waals surface area contributed by atoms with Crippen molar-refractivity contribution < 1.29 is 0 Å². The SMILES string of the molecule is CC(C)Nc1ncccc1C(=N)N.Cl. The minimum absolute atomic E-state index is 0. The monoisotopic (exact) mass is 214 g/mol. The number of hydrogen-bond donors (Lipinski definition) is 3. The topological polar surface area (TPSA) is 74.8 Å². The first-order chi connectivity index (χ1) is 6.11. The average molecular weight is 215 g/mol. The Hall–Kier alpha value is -1.29. The average Bonchev–Trinajstić information content (AvgIpc) is 2.03. The summed E-state index contributed by atoms with van der Waals surface area (Å²) >= 11 is 0. The fraction of sp³-hybridized carbons (Fsp3) is 0.333. The number of amidine groups is 1. The van der Waals surface area contributed by atoms with Crippen molar-refractivity contribution in [3.05, 3.63) is 23.9 Å². The van der Waals surface area contributed by atoms with E-state index < -0.39 is 0 Å². The molecule has 1 aromatic heterocycles. The second-order valence-corrected chi connectivity index (χ2v) is 3.11. The summed E-state index contributed by atoms with van der Waals surface area (Å²) < 4.78 is 0. The van der Waals surface area contributed by atoms with Crippen LogP contribution in [-0.4, -0.2) is 16.9 Å². The van der Waals surface area contributed by atoms with E-state index in [2.05, 4.69) is 10.3 Å². The molecule has 4 N–H and O–H groups in total. The number of aromatic nitrogens is 1. The van der Waals surface area contributed by atoms with E-state index in [9.17, 15) is 0 Å². The smallest absolute Gasteiger partial charge is 0.137 e. The van der Waals surface area contributed by atoms with Crippen LogP contribution in [0.3, 0.4) is 0 Å². The van der Waals surface area contributed by atoms with Crippen molar-refractivity contribution in [3.63, 3.8) is 0 Å². The molecular formula is C9H15ClN4. The van der Waals surface area contributed by atoms with Crippen molar-refractivity contribution in [2.75, 3.05) is 5.32 Å². The summed E-state index contributed by atoms with van der Waals surface area (Å²) in [5.41, 5.74) is 6.04. The molecule has 0 saturated carbocycles. The third-order valence-electron chi connectivity index (χ3n) is 1.52. The van der Waals surface area contributed by atoms with Gasteiger partial charge in [-0.1, -0.05) is 0 Å². The van der Waals surface area contributed by atoms with Gasteiger partial charge in [-0.3, -0.25) is 5.41 Å². The normalized spacial score (nSPS) is 9.36. The molecule has 5 heteroatoms. The summed E-state index contributed by atoms with van der Waals surface area (Å²) in [4.78, 5) is 4.11. The van der Waals surface area contributed by atoms with Crippen LogP contribution >= 0.6 is 12.4 Å². The lowest BCUT2D eigenvalue weighted by atomic mass is 10.2. The zero-order chi connectivity index (χ0) is 9.84. The summed E-state index contributed by atoms with van der Waals surface area (Å²) in [6, 6.07) is 3.83. The number of pyridine rings is 1. The van der Waals surface area contributed by atoms with E-state index in [0.29, 0.717) is 11.4 Å². The van der Waals surface area contributed by atoms with E-state index in [-0.39, 0.29) is 24.3 Å². The van der Waals surface area contributed by atoms with Crippen LogP contribution in [0.2, 0.25) is 0 Å². The largest absolute Gasteiger partial charge is 0.384 e. The van der Waals surface area contributed by atoms with Crippen molar-refractivity contribution in [1.29, 1.82) is 5.41 Å². The van der Waals surface area contributed by atoms with Crippen LogP contribution in [0.4, 0.5) is 5.82 Å². The van der Waals surface area contributed by atoms with Gasteiger partial charge in [0.15, 0.2) is 0 Å². The van der Waals surface area contributed by atoms with Gasteiger partial charge < -0.3 is 11.1 Å². The third-order valence-corrected chi connectivity index (χ3v) is 1.52. The lowest BCUT2D eigenvalue weighted by molar-refractivity contribution is 0.888. The van der Waals surface area contributed by atoms with Crippen LogP contribution < -0.4 is 11.1 Å². The molecule has 1 aromatic rings. The molecule has 0 aliphatic rings. The predicted molar refractivity (Wildman–Crippen MR) is 61.3 cm³/mol. The number of nitrogens with one attached hydrogen (secondary N) is 2. The van der Waals surface area contributed by atoms with Gasteiger partial charge in [-0.2, -0.15) is 0 Å². The van der Waals surface area contributed by atoms with Crippen LogP contribution in [0.25, 0.3) is 0 Å². The lowest BCUT2D eigenvalue weighted by Crippen LogP contribution is -2.18. The number of nitrogens with zero attached hydrogens (tertiary/aromatic N) is 1. The summed E-state index contributed by atoms with van der Waals surface area (Å²) in [5.74, 6) is 0.709. The molecule has 0 aliphatic carbocycles. The van der Waals surface area contributed by atoms with Gasteiger partial charge in [-0.15, -0.1) is 12.4 Å². The molecule has 0 unspecified atom stereocenters. The van der Waals surface area contributed by atoms with Crippen molar-refractivity contribution in [2.24, 2.45) is 5.73 Å². The van der Waals surface area contributed by atoms with E-state index in [4.69, 9.17) is 11.1 Å². The molecule has 0 saturated heterocycles. The lowest BCUT2D eigenvalue weighted by Gasteiger charge is -2.11. The Bertz CT molecular complexity index is 311. The first kappa shape index (κ1) is 12.7. The van der Waals surface area contributed by atoms with Gasteiger partial charge in [0.1, 0.15) is 11.7 Å². The highest BCUT2D eigenvalue weighted by atomic mass is 35.5. The quantitative estimate of drug-likeness (QED) is 0.529. The zero-order valence-electron chi connectivity index (χ0n) is 8.24. The van der Waals surface area contributed by atoms with Gasteiger partial charge in [0.05, 0.1) is 5.56 Å². The van der Waals surface area contributed by atoms with Crippen molar-refractivity contribution >= 4 is 24.1 Å². The van der Waals surface area contributed by atoms with Crippen molar-refractivity contribution in [3.8, 4) is 0 Å². The highest BCUT2D eigenvalue weighted by Crippen LogP contribution is 2.11. The fourth-order valence-electron chi connectivity index (χ4n) is 1.01. The van der Waals surface area contributed by atoms with E-state index in [1.54, 1.807) is 18.3 Å². The fourth-order valence-corrected chi connectivity index (χ4v) is 1.01. The van der Waals surface area contributed by atoms with Crippen molar-refractivity contribution in [2.45, 2.75) is 19.9 Å². The van der Waals surface area contributed by atoms with Gasteiger partial charge in [0.25, 0.3) is 0 Å². The van der Waals surface area contributed by atoms with Gasteiger partial charge in [0, 0.05) is 12.2 Å². The number of nitrogen functional groups attached to an aromatic ring is 1. The Morgan fingerprint density at radius 3 is 2.71 bits per heavy atom. The van der Waals surface area contributed by atoms with E-state index in [1.165, 1.54) is 0 Å². The highest BCUT2D eigenvalue weighted by Gasteiger charge is 2.05. The summed E-state index contributed by atoms with van der Waals surface area (Å²) in [7, 11) is 0. The summed E-state index contributed by atoms with van der Waals surface area (Å²) in [6.45, 7) is 4.02. The Labute approximate surface area is 89.8 Å². The van der Waals surface area contributed by atoms with E-state index in [0.717, 1.165) is 0 Å². The molecule has 78 valence electrons. The van der Waals surface area contributed by atoms with Crippen LogP contribution in [0.15, 0.2) is 18.3 Å². The molecule has 0 aromatic carbocycles. The number of nitrogens with two attached hydrogens (primary N) is 1. The van der Waals surface area contributed by atoms with E-state index in [1.807, 2.05) is 13.8 Å². The van der Waals surface area contributed by atoms with Crippen LogP contribution in [0.1, 0.15) is 19.4 Å². The Morgan fingerprint density at radius 1 is 1.57 bits per heavy atom. The van der Waals surface area contributed by atoms with Crippen LogP contribution in [0.5, 0.6) is 0 Å². The number of hydrogen-bond acceptors (Lipinski definition) is 3. The maximum atomic E-state index is 7.32. The second kappa shape index (κ2) is 5.44. The first-order valence-electron chi connectivity index (χ1n) is 4.17. The molecule has 0 radical (unpaired) electrons. The maximum absolute atomic E-state index is 7.32. The molecule has 14 heavy (non-hydrogen) atoms. The van der Waals surface area contributed by atoms with Crippen LogP contribution in [-0.2, 0) is 0 Å². The minimum Gasteiger partial charge on any atom is -0.384 e. The molecule has 4 nitrogen and oxygen atoms in total. The minimum atomic E-state index is 0. The highest BCUT2D eigenvalue weighted by molar-refractivity contribution is 5.99. The molecular weight excluding hydrogens is 200 g/mol. The molecule has 1 heterocycles. The van der Waals surface area contributed by atoms with Crippen molar-refractivity contribution in [1.82, 2.24) is 4.98 Å². The Morgan fingerprint density at radius 2 is 2.21 bits per heavy atom. The summed E-state index contributed by atoms with van der Waals surface area (Å²) in [5, 5.41) is 10.4. The van der Waals surface area contributed by atoms with Gasteiger partial charge in [-0.05, 0) is 26.0 Å².